The lowest BCUT2D eigenvalue weighted by Gasteiger charge is -2.22. The van der Waals surface area contributed by atoms with Crippen LogP contribution in [0.2, 0.25) is 0 Å². The van der Waals surface area contributed by atoms with Gasteiger partial charge < -0.3 is 4.57 Å². The van der Waals surface area contributed by atoms with Gasteiger partial charge >= 0.3 is 0 Å². The summed E-state index contributed by atoms with van der Waals surface area (Å²) in [6.07, 6.45) is 2.09. The van der Waals surface area contributed by atoms with E-state index in [1.165, 1.54) is 6.26 Å². The van der Waals surface area contributed by atoms with E-state index in [0.29, 0.717) is 17.1 Å². The van der Waals surface area contributed by atoms with E-state index < -0.39 is 14.6 Å². The van der Waals surface area contributed by atoms with Crippen LogP contribution in [0.25, 0.3) is 0 Å². The summed E-state index contributed by atoms with van der Waals surface area (Å²) in [6, 6.07) is 0. The van der Waals surface area contributed by atoms with Crippen molar-refractivity contribution in [1.29, 1.82) is 0 Å². The first-order chi connectivity index (χ1) is 7.21. The Morgan fingerprint density at radius 2 is 2.06 bits per heavy atom. The molecule has 0 saturated carbocycles. The first-order valence-corrected chi connectivity index (χ1v) is 7.37. The van der Waals surface area contributed by atoms with Gasteiger partial charge in [-0.15, -0.1) is 0 Å². The number of sulfone groups is 1. The van der Waals surface area contributed by atoms with Gasteiger partial charge in [0.05, 0.1) is 0 Å². The summed E-state index contributed by atoms with van der Waals surface area (Å²) < 4.78 is 24.6. The quantitative estimate of drug-likeness (QED) is 0.838. The second-order valence-corrected chi connectivity index (χ2v) is 7.24. The number of nitrogens with one attached hydrogen (secondary N) is 1. The SMILES string of the molecule is CCCn1c(C(C)(C)S(C)(=O)=O)n[nH]c1=S. The van der Waals surface area contributed by atoms with Crippen LogP contribution in [-0.2, 0) is 21.1 Å². The van der Waals surface area contributed by atoms with Gasteiger partial charge in [-0.05, 0) is 32.5 Å². The summed E-state index contributed by atoms with van der Waals surface area (Å²) in [5.41, 5.74) is 0. The van der Waals surface area contributed by atoms with Gasteiger partial charge in [0, 0.05) is 12.8 Å². The van der Waals surface area contributed by atoms with Gasteiger partial charge in [0.1, 0.15) is 4.75 Å². The van der Waals surface area contributed by atoms with Crippen molar-refractivity contribution < 1.29 is 8.42 Å². The summed E-state index contributed by atoms with van der Waals surface area (Å²) in [5, 5.41) is 6.69. The largest absolute Gasteiger partial charge is 0.303 e. The minimum absolute atomic E-state index is 0.466. The lowest BCUT2D eigenvalue weighted by atomic mass is 10.2. The molecule has 16 heavy (non-hydrogen) atoms. The lowest BCUT2D eigenvalue weighted by Crippen LogP contribution is -2.32. The zero-order chi connectivity index (χ0) is 12.6. The predicted octanol–water partition coefficient (Wildman–Crippen LogP) is 1.63. The van der Waals surface area contributed by atoms with Crippen LogP contribution in [0.15, 0.2) is 0 Å². The first-order valence-electron chi connectivity index (χ1n) is 5.07. The van der Waals surface area contributed by atoms with Gasteiger partial charge in [-0.25, -0.2) is 8.42 Å². The molecule has 0 aliphatic rings. The molecule has 92 valence electrons. The number of rotatable bonds is 4. The zero-order valence-electron chi connectivity index (χ0n) is 9.94. The molecule has 0 unspecified atom stereocenters. The molecule has 0 saturated heterocycles. The van der Waals surface area contributed by atoms with Crippen LogP contribution in [0.4, 0.5) is 0 Å². The van der Waals surface area contributed by atoms with E-state index >= 15 is 0 Å². The first kappa shape index (κ1) is 13.4. The van der Waals surface area contributed by atoms with Crippen molar-refractivity contribution >= 4 is 22.1 Å². The maximum Gasteiger partial charge on any atom is 0.195 e. The molecule has 0 aliphatic heterocycles. The van der Waals surface area contributed by atoms with E-state index in [1.54, 1.807) is 18.4 Å². The molecule has 1 aromatic heterocycles. The number of hydrogen-bond donors (Lipinski definition) is 1. The molecule has 0 fully saturated rings. The third-order valence-corrected chi connectivity index (χ3v) is 5.02. The van der Waals surface area contributed by atoms with Gasteiger partial charge in [-0.1, -0.05) is 6.92 Å². The van der Waals surface area contributed by atoms with Crippen LogP contribution in [0.1, 0.15) is 33.0 Å². The summed E-state index contributed by atoms with van der Waals surface area (Å²) in [7, 11) is -3.23. The molecule has 7 heteroatoms. The second-order valence-electron chi connectivity index (χ2n) is 4.29. The molecule has 0 aliphatic carbocycles. The van der Waals surface area contributed by atoms with Crippen LogP contribution in [-0.4, -0.2) is 29.4 Å². The highest BCUT2D eigenvalue weighted by Crippen LogP contribution is 2.27. The van der Waals surface area contributed by atoms with E-state index in [4.69, 9.17) is 12.2 Å². The fourth-order valence-electron chi connectivity index (χ4n) is 1.37. The van der Waals surface area contributed by atoms with Crippen LogP contribution >= 0.6 is 12.2 Å². The van der Waals surface area contributed by atoms with Gasteiger partial charge in [-0.3, -0.25) is 5.10 Å². The molecule has 5 nitrogen and oxygen atoms in total. The summed E-state index contributed by atoms with van der Waals surface area (Å²) >= 11 is 5.08. The maximum absolute atomic E-state index is 11.7. The fraction of sp³-hybridized carbons (Fsp3) is 0.778. The van der Waals surface area contributed by atoms with Crippen LogP contribution in [0.5, 0.6) is 0 Å². The van der Waals surface area contributed by atoms with Crippen molar-refractivity contribution in [2.75, 3.05) is 6.26 Å². The Balaban J connectivity index is 3.40. The number of nitrogens with zero attached hydrogens (tertiary/aromatic N) is 2. The van der Waals surface area contributed by atoms with Gasteiger partial charge in [0.15, 0.2) is 20.4 Å². The van der Waals surface area contributed by atoms with E-state index in [-0.39, 0.29) is 0 Å². The van der Waals surface area contributed by atoms with Crippen LogP contribution in [0, 0.1) is 4.77 Å². The van der Waals surface area contributed by atoms with Crippen molar-refractivity contribution in [2.45, 2.75) is 38.5 Å². The number of hydrogen-bond acceptors (Lipinski definition) is 4. The zero-order valence-corrected chi connectivity index (χ0v) is 11.6. The molecule has 0 spiro atoms. The summed E-state index contributed by atoms with van der Waals surface area (Å²) in [5.74, 6) is 0.474. The average molecular weight is 263 g/mol. The molecule has 1 N–H and O–H groups in total. The van der Waals surface area contributed by atoms with Crippen molar-refractivity contribution in [2.24, 2.45) is 0 Å². The average Bonchev–Trinajstić information content (AvgIpc) is 2.47. The molecule has 1 heterocycles. The van der Waals surface area contributed by atoms with E-state index in [0.717, 1.165) is 6.42 Å². The maximum atomic E-state index is 11.7. The molecule has 1 rings (SSSR count). The Labute approximate surface area is 101 Å². The van der Waals surface area contributed by atoms with E-state index in [1.807, 2.05) is 6.92 Å². The molecule has 0 radical (unpaired) electrons. The highest BCUT2D eigenvalue weighted by molar-refractivity contribution is 7.91. The highest BCUT2D eigenvalue weighted by atomic mass is 32.2. The molecule has 0 amide bonds. The van der Waals surface area contributed by atoms with Gasteiger partial charge in [0.25, 0.3) is 0 Å². The Kier molecular flexibility index (Phi) is 3.59. The Hall–Kier alpha value is -0.690. The van der Waals surface area contributed by atoms with Crippen molar-refractivity contribution in [1.82, 2.24) is 14.8 Å². The molecular formula is C9H17N3O2S2. The van der Waals surface area contributed by atoms with Gasteiger partial charge in [-0.2, -0.15) is 5.10 Å². The van der Waals surface area contributed by atoms with Crippen molar-refractivity contribution in [3.05, 3.63) is 10.6 Å². The van der Waals surface area contributed by atoms with Crippen molar-refractivity contribution in [3.8, 4) is 0 Å². The second kappa shape index (κ2) is 4.29. The minimum Gasteiger partial charge on any atom is -0.303 e. The fourth-order valence-corrected chi connectivity index (χ4v) is 2.09. The van der Waals surface area contributed by atoms with Crippen molar-refractivity contribution in [3.63, 3.8) is 0 Å². The number of H-pyrrole nitrogens is 1. The van der Waals surface area contributed by atoms with Gasteiger partial charge in [0.2, 0.25) is 0 Å². The normalized spacial score (nSPS) is 13.0. The van der Waals surface area contributed by atoms with E-state index in [9.17, 15) is 8.42 Å². The third-order valence-electron chi connectivity index (χ3n) is 2.67. The Morgan fingerprint density at radius 3 is 2.50 bits per heavy atom. The lowest BCUT2D eigenvalue weighted by molar-refractivity contribution is 0.523. The molecule has 1 aromatic rings. The predicted molar refractivity (Wildman–Crippen MR) is 65.6 cm³/mol. The van der Waals surface area contributed by atoms with E-state index in [2.05, 4.69) is 10.2 Å². The minimum atomic E-state index is -3.23. The Morgan fingerprint density at radius 1 is 1.50 bits per heavy atom. The standard InChI is InChI=1S/C9H17N3O2S2/c1-5-6-12-7(10-11-8(12)15)9(2,3)16(4,13)14/h5-6H2,1-4H3,(H,11,15). The summed E-state index contributed by atoms with van der Waals surface area (Å²) in [6.45, 7) is 5.95. The summed E-state index contributed by atoms with van der Waals surface area (Å²) in [4.78, 5) is 0. The molecule has 0 bridgehead atoms. The number of aromatic nitrogens is 3. The molecule has 0 aromatic carbocycles. The third kappa shape index (κ3) is 2.20. The Bertz CT molecular complexity index is 525. The van der Waals surface area contributed by atoms with Crippen LogP contribution < -0.4 is 0 Å². The van der Waals surface area contributed by atoms with Crippen LogP contribution in [0.3, 0.4) is 0 Å². The highest BCUT2D eigenvalue weighted by Gasteiger charge is 2.37. The monoisotopic (exact) mass is 263 g/mol. The molecular weight excluding hydrogens is 246 g/mol. The topological polar surface area (TPSA) is 67.8 Å². The smallest absolute Gasteiger partial charge is 0.195 e. The number of aromatic amines is 1. The molecule has 0 atom stereocenters.